The number of ether oxygens (including phenoxy) is 1. The lowest BCUT2D eigenvalue weighted by atomic mass is 10.1. The first kappa shape index (κ1) is 17.9. The van der Waals surface area contributed by atoms with Gasteiger partial charge in [-0.15, -0.1) is 0 Å². The molecule has 1 fully saturated rings. The van der Waals surface area contributed by atoms with E-state index in [9.17, 15) is 18.0 Å². The van der Waals surface area contributed by atoms with Crippen LogP contribution in [0.25, 0.3) is 0 Å². The van der Waals surface area contributed by atoms with Crippen molar-refractivity contribution in [2.45, 2.75) is 63.2 Å². The van der Waals surface area contributed by atoms with Gasteiger partial charge in [0.25, 0.3) is 0 Å². The number of sulfonamides is 1. The highest BCUT2D eigenvalue weighted by Gasteiger charge is 2.56. The van der Waals surface area contributed by atoms with E-state index in [-0.39, 0.29) is 19.4 Å². The number of hydrogen-bond acceptors (Lipinski definition) is 5. The minimum Gasteiger partial charge on any atom is -0.480 e. The lowest BCUT2D eigenvalue weighted by Crippen LogP contribution is -2.46. The van der Waals surface area contributed by atoms with Crippen molar-refractivity contribution < 1.29 is 27.9 Å². The Bertz CT molecular complexity index is 483. The van der Waals surface area contributed by atoms with Gasteiger partial charge < -0.3 is 9.84 Å². The molecule has 8 heteroatoms. The van der Waals surface area contributed by atoms with Crippen molar-refractivity contribution in [2.75, 3.05) is 6.61 Å². The minimum absolute atomic E-state index is 0.191. The first-order chi connectivity index (χ1) is 9.78. The Balaban J connectivity index is 2.75. The number of hydrogen-bond donors (Lipinski definition) is 2. The van der Waals surface area contributed by atoms with Gasteiger partial charge in [-0.3, -0.25) is 9.59 Å². The van der Waals surface area contributed by atoms with Gasteiger partial charge in [-0.2, -0.15) is 0 Å². The number of aliphatic carboxylic acids is 1. The summed E-state index contributed by atoms with van der Waals surface area (Å²) in [5.74, 6) is -1.76. The summed E-state index contributed by atoms with van der Waals surface area (Å²) >= 11 is 0. The van der Waals surface area contributed by atoms with Gasteiger partial charge >= 0.3 is 11.9 Å². The Morgan fingerprint density at radius 1 is 1.33 bits per heavy atom. The molecule has 2 N–H and O–H groups in total. The molecule has 1 aliphatic rings. The largest absolute Gasteiger partial charge is 0.480 e. The number of unbranched alkanes of at least 4 members (excludes halogenated alkanes) is 1. The number of carbonyl (C=O) groups is 2. The second-order valence-corrected chi connectivity index (χ2v) is 7.43. The number of carboxylic acid groups (broad SMARTS) is 1. The maximum absolute atomic E-state index is 12.4. The van der Waals surface area contributed by atoms with E-state index in [1.807, 2.05) is 6.92 Å². The van der Waals surface area contributed by atoms with E-state index >= 15 is 0 Å². The summed E-state index contributed by atoms with van der Waals surface area (Å²) in [6, 6.07) is -1.14. The lowest BCUT2D eigenvalue weighted by molar-refractivity contribution is -0.143. The molecule has 1 atom stereocenters. The standard InChI is InChI=1S/C13H23NO6S/c1-3-5-6-10(12(16)17)14-21(18,19)13(7-8-13)9-11(15)20-4-2/h10,14H,3-9H2,1-2H3,(H,16,17)/t10-/m0/s1. The molecule has 0 amide bonds. The maximum atomic E-state index is 12.4. The number of nitrogens with one attached hydrogen (secondary N) is 1. The van der Waals surface area contributed by atoms with Crippen LogP contribution in [-0.4, -0.2) is 42.9 Å². The third kappa shape index (κ3) is 4.67. The molecule has 0 heterocycles. The Morgan fingerprint density at radius 3 is 2.38 bits per heavy atom. The third-order valence-corrected chi connectivity index (χ3v) is 5.88. The summed E-state index contributed by atoms with van der Waals surface area (Å²) in [5.41, 5.74) is 0. The van der Waals surface area contributed by atoms with Crippen molar-refractivity contribution in [3.63, 3.8) is 0 Å². The van der Waals surface area contributed by atoms with Gasteiger partial charge in [-0.05, 0) is 26.2 Å². The molecule has 0 aromatic rings. The summed E-state index contributed by atoms with van der Waals surface area (Å²) in [6.07, 6.45) is 2.10. The zero-order valence-corrected chi connectivity index (χ0v) is 13.2. The first-order valence-electron chi connectivity index (χ1n) is 7.18. The van der Waals surface area contributed by atoms with Crippen LogP contribution in [0.5, 0.6) is 0 Å². The van der Waals surface area contributed by atoms with Crippen LogP contribution >= 0.6 is 0 Å². The predicted octanol–water partition coefficient (Wildman–Crippen LogP) is 1.03. The molecular weight excluding hydrogens is 298 g/mol. The van der Waals surface area contributed by atoms with E-state index < -0.39 is 32.8 Å². The quantitative estimate of drug-likeness (QED) is 0.582. The van der Waals surface area contributed by atoms with Crippen LogP contribution in [0.1, 0.15) is 52.4 Å². The highest BCUT2D eigenvalue weighted by Crippen LogP contribution is 2.46. The fraction of sp³-hybridized carbons (Fsp3) is 0.846. The fourth-order valence-corrected chi connectivity index (χ4v) is 3.90. The Hall–Kier alpha value is -1.15. The van der Waals surface area contributed by atoms with Gasteiger partial charge in [0, 0.05) is 0 Å². The van der Waals surface area contributed by atoms with E-state index in [1.54, 1.807) is 6.92 Å². The van der Waals surface area contributed by atoms with E-state index in [2.05, 4.69) is 4.72 Å². The van der Waals surface area contributed by atoms with Crippen molar-refractivity contribution in [3.05, 3.63) is 0 Å². The van der Waals surface area contributed by atoms with E-state index in [1.165, 1.54) is 0 Å². The fourth-order valence-electron chi connectivity index (χ4n) is 2.11. The van der Waals surface area contributed by atoms with Crippen molar-refractivity contribution in [3.8, 4) is 0 Å². The predicted molar refractivity (Wildman–Crippen MR) is 76.2 cm³/mol. The Morgan fingerprint density at radius 2 is 1.95 bits per heavy atom. The summed E-state index contributed by atoms with van der Waals surface area (Å²) < 4.78 is 30.5. The average molecular weight is 321 g/mol. The molecule has 0 aromatic carbocycles. The topological polar surface area (TPSA) is 110 Å². The lowest BCUT2D eigenvalue weighted by Gasteiger charge is -2.20. The average Bonchev–Trinajstić information content (AvgIpc) is 3.15. The molecule has 1 aliphatic carbocycles. The molecule has 21 heavy (non-hydrogen) atoms. The summed E-state index contributed by atoms with van der Waals surface area (Å²) in [4.78, 5) is 22.6. The molecule has 0 aromatic heterocycles. The van der Waals surface area contributed by atoms with Crippen LogP contribution in [0.15, 0.2) is 0 Å². The monoisotopic (exact) mass is 321 g/mol. The van der Waals surface area contributed by atoms with Crippen molar-refractivity contribution in [1.29, 1.82) is 0 Å². The summed E-state index contributed by atoms with van der Waals surface area (Å²) in [5, 5.41) is 9.10. The molecule has 0 radical (unpaired) electrons. The van der Waals surface area contributed by atoms with Crippen molar-refractivity contribution in [1.82, 2.24) is 4.72 Å². The molecule has 0 aliphatic heterocycles. The minimum atomic E-state index is -3.87. The maximum Gasteiger partial charge on any atom is 0.321 e. The van der Waals surface area contributed by atoms with Crippen LogP contribution in [0, 0.1) is 0 Å². The van der Waals surface area contributed by atoms with Crippen LogP contribution in [0.4, 0.5) is 0 Å². The molecule has 122 valence electrons. The highest BCUT2D eigenvalue weighted by atomic mass is 32.2. The summed E-state index contributed by atoms with van der Waals surface area (Å²) in [6.45, 7) is 3.74. The Labute approximate surface area is 125 Å². The smallest absolute Gasteiger partial charge is 0.321 e. The first-order valence-corrected chi connectivity index (χ1v) is 8.66. The molecule has 0 spiro atoms. The second kappa shape index (κ2) is 7.22. The van der Waals surface area contributed by atoms with Gasteiger partial charge in [0.05, 0.1) is 17.8 Å². The zero-order chi connectivity index (χ0) is 16.1. The van der Waals surface area contributed by atoms with Gasteiger partial charge in [-0.1, -0.05) is 19.8 Å². The molecule has 0 bridgehead atoms. The van der Waals surface area contributed by atoms with Gasteiger partial charge in [0.15, 0.2) is 0 Å². The number of rotatable bonds is 10. The molecule has 0 unspecified atom stereocenters. The van der Waals surface area contributed by atoms with Crippen LogP contribution in [-0.2, 0) is 24.3 Å². The molecule has 1 saturated carbocycles. The zero-order valence-electron chi connectivity index (χ0n) is 12.4. The number of esters is 1. The molecule has 0 saturated heterocycles. The SMILES string of the molecule is CCCC[C@H](NS(=O)(=O)C1(CC(=O)OCC)CC1)C(=O)O. The van der Waals surface area contributed by atoms with E-state index in [4.69, 9.17) is 9.84 Å². The van der Waals surface area contributed by atoms with Crippen molar-refractivity contribution >= 4 is 22.0 Å². The number of carboxylic acids is 1. The third-order valence-electron chi connectivity index (χ3n) is 3.59. The van der Waals surface area contributed by atoms with Crippen LogP contribution in [0.3, 0.4) is 0 Å². The molecular formula is C13H23NO6S. The van der Waals surface area contributed by atoms with Crippen LogP contribution in [0.2, 0.25) is 0 Å². The van der Waals surface area contributed by atoms with Gasteiger partial charge in [-0.25, -0.2) is 13.1 Å². The highest BCUT2D eigenvalue weighted by molar-refractivity contribution is 7.91. The van der Waals surface area contributed by atoms with E-state index in [0.29, 0.717) is 19.3 Å². The van der Waals surface area contributed by atoms with Crippen molar-refractivity contribution in [2.24, 2.45) is 0 Å². The normalized spacial score (nSPS) is 18.0. The van der Waals surface area contributed by atoms with Gasteiger partial charge in [0.2, 0.25) is 10.0 Å². The summed E-state index contributed by atoms with van der Waals surface area (Å²) in [7, 11) is -3.87. The van der Waals surface area contributed by atoms with Gasteiger partial charge in [0.1, 0.15) is 6.04 Å². The molecule has 1 rings (SSSR count). The Kier molecular flexibility index (Phi) is 6.15. The van der Waals surface area contributed by atoms with Crippen LogP contribution < -0.4 is 4.72 Å². The second-order valence-electron chi connectivity index (χ2n) is 5.32. The molecule has 7 nitrogen and oxygen atoms in total. The van der Waals surface area contributed by atoms with E-state index in [0.717, 1.165) is 6.42 Å². The number of carbonyl (C=O) groups excluding carboxylic acids is 1.